The Balaban J connectivity index is 2.00. The van der Waals surface area contributed by atoms with Gasteiger partial charge in [0.15, 0.2) is 5.51 Å². The zero-order chi connectivity index (χ0) is 11.8. The molecule has 2 unspecified atom stereocenters. The van der Waals surface area contributed by atoms with Crippen molar-refractivity contribution in [3.8, 4) is 0 Å². The Kier molecular flexibility index (Phi) is 2.72. The summed E-state index contributed by atoms with van der Waals surface area (Å²) in [4.78, 5) is 11.9. The Morgan fingerprint density at radius 2 is 2.18 bits per heavy atom. The predicted molar refractivity (Wildman–Crippen MR) is 68.5 cm³/mol. The van der Waals surface area contributed by atoms with Gasteiger partial charge in [0.1, 0.15) is 10.3 Å². The summed E-state index contributed by atoms with van der Waals surface area (Å²) < 4.78 is 5.75. The normalized spacial score (nSPS) is 25.4. The highest BCUT2D eigenvalue weighted by atomic mass is 32.1. The summed E-state index contributed by atoms with van der Waals surface area (Å²) in [6.45, 7) is 6.02. The van der Waals surface area contributed by atoms with Crippen LogP contribution < -0.4 is 4.90 Å². The standard InChI is InChI=1S/C12H14N3OS/c1-8-5-15(6-9(2)16-8)10-3-4-13-12-11(10)14-7-17-12/h3-4,8-9H,5-6H2,1-2H3. The summed E-state index contributed by atoms with van der Waals surface area (Å²) in [5.74, 6) is 0. The van der Waals surface area contributed by atoms with Crippen LogP contribution in [0.5, 0.6) is 0 Å². The van der Waals surface area contributed by atoms with Crippen LogP contribution in [0.25, 0.3) is 10.3 Å². The van der Waals surface area contributed by atoms with Crippen molar-refractivity contribution >= 4 is 27.4 Å². The number of aromatic nitrogens is 2. The molecule has 0 aromatic carbocycles. The maximum absolute atomic E-state index is 5.75. The van der Waals surface area contributed by atoms with Crippen molar-refractivity contribution in [2.75, 3.05) is 18.0 Å². The summed E-state index contributed by atoms with van der Waals surface area (Å²) in [5.41, 5.74) is 5.02. The topological polar surface area (TPSA) is 38.2 Å². The number of anilines is 1. The van der Waals surface area contributed by atoms with E-state index in [0.29, 0.717) is 0 Å². The van der Waals surface area contributed by atoms with E-state index >= 15 is 0 Å². The van der Waals surface area contributed by atoms with Gasteiger partial charge in [-0.3, -0.25) is 0 Å². The minimum Gasteiger partial charge on any atom is -0.372 e. The second-order valence-electron chi connectivity index (χ2n) is 4.45. The van der Waals surface area contributed by atoms with Gasteiger partial charge in [0.05, 0.1) is 17.9 Å². The molecule has 3 rings (SSSR count). The summed E-state index contributed by atoms with van der Waals surface area (Å²) in [6.07, 6.45) is 2.35. The number of pyridine rings is 1. The number of thiazole rings is 1. The maximum atomic E-state index is 5.75. The van der Waals surface area contributed by atoms with E-state index in [0.717, 1.165) is 29.1 Å². The van der Waals surface area contributed by atoms with Crippen LogP contribution in [0.2, 0.25) is 0 Å². The van der Waals surface area contributed by atoms with Gasteiger partial charge < -0.3 is 9.64 Å². The lowest BCUT2D eigenvalue weighted by Crippen LogP contribution is -2.45. The molecule has 1 aliphatic heterocycles. The van der Waals surface area contributed by atoms with Gasteiger partial charge in [0.25, 0.3) is 0 Å². The fourth-order valence-electron chi connectivity index (χ4n) is 2.35. The second kappa shape index (κ2) is 4.23. The molecule has 17 heavy (non-hydrogen) atoms. The molecular weight excluding hydrogens is 234 g/mol. The van der Waals surface area contributed by atoms with Crippen molar-refractivity contribution in [2.24, 2.45) is 0 Å². The molecule has 2 atom stereocenters. The molecule has 1 radical (unpaired) electrons. The van der Waals surface area contributed by atoms with Gasteiger partial charge in [0.2, 0.25) is 0 Å². The van der Waals surface area contributed by atoms with E-state index < -0.39 is 0 Å². The van der Waals surface area contributed by atoms with E-state index in [-0.39, 0.29) is 12.2 Å². The first kappa shape index (κ1) is 10.9. The molecule has 0 spiro atoms. The number of nitrogens with zero attached hydrogens (tertiary/aromatic N) is 3. The number of rotatable bonds is 1. The first-order chi connectivity index (χ1) is 8.24. The van der Waals surface area contributed by atoms with Crippen LogP contribution in [0.4, 0.5) is 5.69 Å². The van der Waals surface area contributed by atoms with Crippen molar-refractivity contribution < 1.29 is 4.74 Å². The van der Waals surface area contributed by atoms with Gasteiger partial charge in [-0.15, -0.1) is 0 Å². The van der Waals surface area contributed by atoms with Crippen LogP contribution in [0, 0.1) is 5.51 Å². The summed E-state index contributed by atoms with van der Waals surface area (Å²) in [6, 6.07) is 2.03. The fraction of sp³-hybridized carbons (Fsp3) is 0.500. The van der Waals surface area contributed by atoms with Crippen molar-refractivity contribution in [3.05, 3.63) is 17.8 Å². The minimum absolute atomic E-state index is 0.254. The Morgan fingerprint density at radius 1 is 1.41 bits per heavy atom. The monoisotopic (exact) mass is 248 g/mol. The van der Waals surface area contributed by atoms with Gasteiger partial charge in [0, 0.05) is 19.3 Å². The molecule has 1 fully saturated rings. The first-order valence-corrected chi connectivity index (χ1v) is 6.57. The van der Waals surface area contributed by atoms with Crippen molar-refractivity contribution in [1.82, 2.24) is 9.97 Å². The molecule has 1 aliphatic rings. The van der Waals surface area contributed by atoms with Crippen LogP contribution in [-0.2, 0) is 4.74 Å². The third kappa shape index (κ3) is 2.00. The van der Waals surface area contributed by atoms with E-state index in [1.165, 1.54) is 11.3 Å². The quantitative estimate of drug-likeness (QED) is 0.774. The van der Waals surface area contributed by atoms with Gasteiger partial charge in [-0.2, -0.15) is 0 Å². The number of hydrogen-bond acceptors (Lipinski definition) is 5. The molecule has 2 aromatic rings. The molecule has 0 N–H and O–H groups in total. The van der Waals surface area contributed by atoms with E-state index in [9.17, 15) is 0 Å². The van der Waals surface area contributed by atoms with Gasteiger partial charge in [-0.1, -0.05) is 11.3 Å². The van der Waals surface area contributed by atoms with E-state index in [1.807, 2.05) is 12.3 Å². The molecule has 0 bridgehead atoms. The molecule has 89 valence electrons. The van der Waals surface area contributed by atoms with Crippen LogP contribution in [-0.4, -0.2) is 35.3 Å². The highest BCUT2D eigenvalue weighted by Crippen LogP contribution is 2.28. The SMILES string of the molecule is CC1CN(c2ccnc3s[c]nc23)CC(C)O1. The first-order valence-electron chi connectivity index (χ1n) is 5.76. The third-order valence-corrected chi connectivity index (χ3v) is 3.60. The molecule has 0 saturated carbocycles. The molecule has 4 nitrogen and oxygen atoms in total. The Morgan fingerprint density at radius 3 is 2.94 bits per heavy atom. The van der Waals surface area contributed by atoms with E-state index in [2.05, 4.69) is 34.2 Å². The molecular formula is C12H14N3OS. The van der Waals surface area contributed by atoms with Gasteiger partial charge >= 0.3 is 0 Å². The number of fused-ring (bicyclic) bond motifs is 1. The van der Waals surface area contributed by atoms with E-state index in [4.69, 9.17) is 4.74 Å². The van der Waals surface area contributed by atoms with Crippen molar-refractivity contribution in [3.63, 3.8) is 0 Å². The number of ether oxygens (including phenoxy) is 1. The van der Waals surface area contributed by atoms with Crippen LogP contribution in [0.15, 0.2) is 12.3 Å². The summed E-state index contributed by atoms with van der Waals surface area (Å²) >= 11 is 1.46. The molecule has 0 aliphatic carbocycles. The van der Waals surface area contributed by atoms with Crippen LogP contribution in [0.1, 0.15) is 13.8 Å². The van der Waals surface area contributed by atoms with Crippen LogP contribution >= 0.6 is 11.3 Å². The number of morpholine rings is 1. The smallest absolute Gasteiger partial charge is 0.155 e. The minimum atomic E-state index is 0.254. The molecule has 2 aromatic heterocycles. The number of hydrogen-bond donors (Lipinski definition) is 0. The highest BCUT2D eigenvalue weighted by molar-refractivity contribution is 7.15. The lowest BCUT2D eigenvalue weighted by molar-refractivity contribution is -0.00514. The van der Waals surface area contributed by atoms with Crippen LogP contribution in [0.3, 0.4) is 0 Å². The molecule has 1 saturated heterocycles. The Bertz CT molecular complexity index is 517. The average molecular weight is 248 g/mol. The highest BCUT2D eigenvalue weighted by Gasteiger charge is 2.24. The van der Waals surface area contributed by atoms with E-state index in [1.54, 1.807) is 0 Å². The zero-order valence-electron chi connectivity index (χ0n) is 9.88. The third-order valence-electron chi connectivity index (χ3n) is 2.93. The van der Waals surface area contributed by atoms with Gasteiger partial charge in [-0.05, 0) is 19.9 Å². The molecule has 0 amide bonds. The average Bonchev–Trinajstić information content (AvgIpc) is 2.75. The Hall–Kier alpha value is -1.20. The zero-order valence-corrected chi connectivity index (χ0v) is 10.7. The van der Waals surface area contributed by atoms with Crippen molar-refractivity contribution in [1.29, 1.82) is 0 Å². The Labute approximate surface area is 104 Å². The summed E-state index contributed by atoms with van der Waals surface area (Å²) in [5, 5.41) is 0. The largest absolute Gasteiger partial charge is 0.372 e. The van der Waals surface area contributed by atoms with Gasteiger partial charge in [-0.25, -0.2) is 9.97 Å². The fourth-order valence-corrected chi connectivity index (χ4v) is 2.93. The predicted octanol–water partition coefficient (Wildman–Crippen LogP) is 2.11. The van der Waals surface area contributed by atoms with Crippen molar-refractivity contribution in [2.45, 2.75) is 26.1 Å². The maximum Gasteiger partial charge on any atom is 0.155 e. The summed E-state index contributed by atoms with van der Waals surface area (Å²) in [7, 11) is 0. The lowest BCUT2D eigenvalue weighted by atomic mass is 10.2. The molecule has 5 heteroatoms. The second-order valence-corrected chi connectivity index (χ2v) is 5.22. The lowest BCUT2D eigenvalue weighted by Gasteiger charge is -2.36. The molecule has 3 heterocycles.